The molecule has 0 aliphatic heterocycles. The third kappa shape index (κ3) is 2.76. The first-order valence-corrected chi connectivity index (χ1v) is 6.33. The van der Waals surface area contributed by atoms with E-state index in [1.54, 1.807) is 0 Å². The Balaban J connectivity index is 2.01. The summed E-state index contributed by atoms with van der Waals surface area (Å²) in [5.74, 6) is 1.64. The molecule has 0 aromatic carbocycles. The van der Waals surface area contributed by atoms with Gasteiger partial charge in [-0.2, -0.15) is 5.26 Å². The quantitative estimate of drug-likeness (QED) is 0.862. The van der Waals surface area contributed by atoms with Crippen LogP contribution in [0.3, 0.4) is 0 Å². The summed E-state index contributed by atoms with van der Waals surface area (Å²) in [6, 6.07) is 4.19. The van der Waals surface area contributed by atoms with Gasteiger partial charge in [0.25, 0.3) is 0 Å². The molecular formula is C14H19N3. The summed E-state index contributed by atoms with van der Waals surface area (Å²) in [7, 11) is 0. The van der Waals surface area contributed by atoms with E-state index in [0.29, 0.717) is 5.56 Å². The molecule has 0 saturated heterocycles. The van der Waals surface area contributed by atoms with Crippen molar-refractivity contribution in [3.05, 3.63) is 22.9 Å². The Morgan fingerprint density at radius 1 is 1.47 bits per heavy atom. The van der Waals surface area contributed by atoms with Crippen LogP contribution in [0.5, 0.6) is 0 Å². The molecule has 3 nitrogen and oxygen atoms in total. The van der Waals surface area contributed by atoms with E-state index < -0.39 is 0 Å². The summed E-state index contributed by atoms with van der Waals surface area (Å²) in [6.45, 7) is 4.85. The SMILES string of the molecule is Cc1cc(C)c(C#N)c(NCCC2CCC2)n1. The highest BCUT2D eigenvalue weighted by molar-refractivity contribution is 5.56. The van der Waals surface area contributed by atoms with Crippen LogP contribution in [0.4, 0.5) is 5.82 Å². The standard InChI is InChI=1S/C14H19N3/c1-10-8-11(2)17-14(13(10)9-15)16-7-6-12-4-3-5-12/h8,12H,3-7H2,1-2H3,(H,16,17). The number of aromatic nitrogens is 1. The van der Waals surface area contributed by atoms with Gasteiger partial charge in [0.1, 0.15) is 11.9 Å². The number of aryl methyl sites for hydroxylation is 2. The maximum atomic E-state index is 9.13. The van der Waals surface area contributed by atoms with E-state index in [4.69, 9.17) is 5.26 Å². The van der Waals surface area contributed by atoms with Gasteiger partial charge in [0, 0.05) is 12.2 Å². The summed E-state index contributed by atoms with van der Waals surface area (Å²) < 4.78 is 0. The van der Waals surface area contributed by atoms with Crippen LogP contribution < -0.4 is 5.32 Å². The fraction of sp³-hybridized carbons (Fsp3) is 0.571. The molecule has 0 atom stereocenters. The maximum Gasteiger partial charge on any atom is 0.144 e. The molecular weight excluding hydrogens is 210 g/mol. The number of hydrogen-bond acceptors (Lipinski definition) is 3. The van der Waals surface area contributed by atoms with Crippen molar-refractivity contribution in [3.8, 4) is 6.07 Å². The second-order valence-electron chi connectivity index (χ2n) is 4.93. The van der Waals surface area contributed by atoms with Crippen molar-refractivity contribution in [3.63, 3.8) is 0 Å². The van der Waals surface area contributed by atoms with Gasteiger partial charge in [-0.3, -0.25) is 0 Å². The zero-order valence-corrected chi connectivity index (χ0v) is 10.6. The Morgan fingerprint density at radius 2 is 2.24 bits per heavy atom. The highest BCUT2D eigenvalue weighted by Crippen LogP contribution is 2.29. The van der Waals surface area contributed by atoms with Crippen LogP contribution in [0.25, 0.3) is 0 Å². The lowest BCUT2D eigenvalue weighted by atomic mass is 9.83. The van der Waals surface area contributed by atoms with Gasteiger partial charge in [-0.1, -0.05) is 19.3 Å². The average molecular weight is 229 g/mol. The van der Waals surface area contributed by atoms with Crippen molar-refractivity contribution in [1.29, 1.82) is 5.26 Å². The van der Waals surface area contributed by atoms with E-state index >= 15 is 0 Å². The Morgan fingerprint density at radius 3 is 2.82 bits per heavy atom. The van der Waals surface area contributed by atoms with Gasteiger partial charge in [-0.15, -0.1) is 0 Å². The Hall–Kier alpha value is -1.56. The molecule has 1 aliphatic rings. The first kappa shape index (κ1) is 11.9. The molecule has 90 valence electrons. The van der Waals surface area contributed by atoms with Crippen molar-refractivity contribution in [2.24, 2.45) is 5.92 Å². The molecule has 3 heteroatoms. The molecule has 1 aromatic rings. The molecule has 1 fully saturated rings. The Labute approximate surface area is 103 Å². The van der Waals surface area contributed by atoms with Crippen LogP contribution in [0, 0.1) is 31.1 Å². The number of nitriles is 1. The predicted octanol–water partition coefficient (Wildman–Crippen LogP) is 3.17. The molecule has 1 heterocycles. The topological polar surface area (TPSA) is 48.7 Å². The summed E-state index contributed by atoms with van der Waals surface area (Å²) in [4.78, 5) is 4.41. The average Bonchev–Trinajstić information content (AvgIpc) is 2.21. The maximum absolute atomic E-state index is 9.13. The van der Waals surface area contributed by atoms with Gasteiger partial charge in [0.05, 0.1) is 5.56 Å². The molecule has 0 radical (unpaired) electrons. The summed E-state index contributed by atoms with van der Waals surface area (Å²) in [6.07, 6.45) is 5.32. The fourth-order valence-corrected chi connectivity index (χ4v) is 2.28. The minimum absolute atomic E-state index is 0.684. The van der Waals surface area contributed by atoms with Crippen LogP contribution >= 0.6 is 0 Å². The van der Waals surface area contributed by atoms with Crippen molar-refractivity contribution < 1.29 is 0 Å². The zero-order chi connectivity index (χ0) is 12.3. The molecule has 1 aromatic heterocycles. The molecule has 0 bridgehead atoms. The van der Waals surface area contributed by atoms with E-state index in [-0.39, 0.29) is 0 Å². The normalized spacial score (nSPS) is 15.1. The van der Waals surface area contributed by atoms with Gasteiger partial charge in [0.2, 0.25) is 0 Å². The van der Waals surface area contributed by atoms with Crippen LogP contribution in [0.15, 0.2) is 6.07 Å². The third-order valence-corrected chi connectivity index (χ3v) is 3.53. The smallest absolute Gasteiger partial charge is 0.144 e. The molecule has 1 aliphatic carbocycles. The van der Waals surface area contributed by atoms with Gasteiger partial charge < -0.3 is 5.32 Å². The highest BCUT2D eigenvalue weighted by atomic mass is 15.0. The summed E-state index contributed by atoms with van der Waals surface area (Å²) >= 11 is 0. The van der Waals surface area contributed by atoms with E-state index in [1.807, 2.05) is 19.9 Å². The second-order valence-corrected chi connectivity index (χ2v) is 4.93. The van der Waals surface area contributed by atoms with Crippen LogP contribution in [0.1, 0.15) is 42.5 Å². The van der Waals surface area contributed by atoms with Gasteiger partial charge in [-0.25, -0.2) is 4.98 Å². The number of rotatable bonds is 4. The largest absolute Gasteiger partial charge is 0.369 e. The number of hydrogen-bond donors (Lipinski definition) is 1. The Kier molecular flexibility index (Phi) is 3.63. The van der Waals surface area contributed by atoms with Gasteiger partial charge in [0.15, 0.2) is 0 Å². The van der Waals surface area contributed by atoms with Gasteiger partial charge >= 0.3 is 0 Å². The molecule has 0 spiro atoms. The van der Waals surface area contributed by atoms with E-state index in [0.717, 1.165) is 29.5 Å². The lowest BCUT2D eigenvalue weighted by molar-refractivity contribution is 0.303. The monoisotopic (exact) mass is 229 g/mol. The third-order valence-electron chi connectivity index (χ3n) is 3.53. The van der Waals surface area contributed by atoms with Crippen molar-refractivity contribution in [1.82, 2.24) is 4.98 Å². The number of anilines is 1. The van der Waals surface area contributed by atoms with E-state index in [9.17, 15) is 0 Å². The van der Waals surface area contributed by atoms with Crippen molar-refractivity contribution >= 4 is 5.82 Å². The van der Waals surface area contributed by atoms with E-state index in [2.05, 4.69) is 16.4 Å². The van der Waals surface area contributed by atoms with Gasteiger partial charge in [-0.05, 0) is 37.8 Å². The van der Waals surface area contributed by atoms with Crippen LogP contribution in [0.2, 0.25) is 0 Å². The minimum atomic E-state index is 0.684. The molecule has 0 unspecified atom stereocenters. The molecule has 1 saturated carbocycles. The number of nitrogens with one attached hydrogen (secondary N) is 1. The van der Waals surface area contributed by atoms with Crippen LogP contribution in [-0.2, 0) is 0 Å². The number of pyridine rings is 1. The molecule has 1 N–H and O–H groups in total. The Bertz CT molecular complexity index is 442. The van der Waals surface area contributed by atoms with E-state index in [1.165, 1.54) is 25.7 Å². The highest BCUT2D eigenvalue weighted by Gasteiger charge is 2.17. The summed E-state index contributed by atoms with van der Waals surface area (Å²) in [5, 5.41) is 12.4. The summed E-state index contributed by atoms with van der Waals surface area (Å²) in [5.41, 5.74) is 2.66. The predicted molar refractivity (Wildman–Crippen MR) is 68.9 cm³/mol. The van der Waals surface area contributed by atoms with Crippen molar-refractivity contribution in [2.75, 3.05) is 11.9 Å². The molecule has 17 heavy (non-hydrogen) atoms. The first-order chi connectivity index (χ1) is 8.20. The lowest BCUT2D eigenvalue weighted by Crippen LogP contribution is -2.16. The lowest BCUT2D eigenvalue weighted by Gasteiger charge is -2.25. The second kappa shape index (κ2) is 5.18. The zero-order valence-electron chi connectivity index (χ0n) is 10.6. The van der Waals surface area contributed by atoms with Crippen LogP contribution in [-0.4, -0.2) is 11.5 Å². The molecule has 2 rings (SSSR count). The number of nitrogens with zero attached hydrogens (tertiary/aromatic N) is 2. The minimum Gasteiger partial charge on any atom is -0.369 e. The van der Waals surface area contributed by atoms with Crippen molar-refractivity contribution in [2.45, 2.75) is 39.5 Å². The molecule has 0 amide bonds. The first-order valence-electron chi connectivity index (χ1n) is 6.33. The fourth-order valence-electron chi connectivity index (χ4n) is 2.28.